The maximum atomic E-state index is 11.3. The fourth-order valence-corrected chi connectivity index (χ4v) is 3.89. The van der Waals surface area contributed by atoms with E-state index in [0.717, 1.165) is 19.6 Å². The van der Waals surface area contributed by atoms with Crippen molar-refractivity contribution in [3.05, 3.63) is 0 Å². The minimum absolute atomic E-state index is 0.246. The Hall–Kier alpha value is -0.610. The number of rotatable bonds is 6. The molecule has 4 nitrogen and oxygen atoms in total. The van der Waals surface area contributed by atoms with Crippen molar-refractivity contribution in [2.45, 2.75) is 64.8 Å². The summed E-state index contributed by atoms with van der Waals surface area (Å²) in [6.45, 7) is 6.65. The molecule has 122 valence electrons. The molecule has 1 aliphatic heterocycles. The van der Waals surface area contributed by atoms with Crippen molar-refractivity contribution in [2.24, 2.45) is 17.3 Å². The Balaban J connectivity index is 1.73. The number of aliphatic carboxylic acids is 1. The molecule has 21 heavy (non-hydrogen) atoms. The van der Waals surface area contributed by atoms with Gasteiger partial charge in [0.2, 0.25) is 0 Å². The first-order chi connectivity index (χ1) is 10.0. The third kappa shape index (κ3) is 4.96. The van der Waals surface area contributed by atoms with Crippen LogP contribution in [0.3, 0.4) is 0 Å². The first-order valence-electron chi connectivity index (χ1n) is 8.55. The Morgan fingerprint density at radius 2 is 1.86 bits per heavy atom. The van der Waals surface area contributed by atoms with Gasteiger partial charge in [-0.1, -0.05) is 13.8 Å². The van der Waals surface area contributed by atoms with Crippen molar-refractivity contribution in [1.82, 2.24) is 5.32 Å². The minimum Gasteiger partial charge on any atom is -0.481 e. The Labute approximate surface area is 128 Å². The molecule has 1 saturated carbocycles. The Morgan fingerprint density at radius 3 is 2.38 bits per heavy atom. The molecule has 0 aromatic heterocycles. The van der Waals surface area contributed by atoms with Crippen LogP contribution in [-0.2, 0) is 9.53 Å². The van der Waals surface area contributed by atoms with Crippen LogP contribution in [0.15, 0.2) is 0 Å². The predicted molar refractivity (Wildman–Crippen MR) is 83.3 cm³/mol. The van der Waals surface area contributed by atoms with Gasteiger partial charge in [-0.15, -0.1) is 0 Å². The zero-order valence-corrected chi connectivity index (χ0v) is 13.6. The van der Waals surface area contributed by atoms with Crippen LogP contribution in [0, 0.1) is 17.3 Å². The molecule has 4 heteroatoms. The zero-order valence-electron chi connectivity index (χ0n) is 13.6. The largest absolute Gasteiger partial charge is 0.481 e. The van der Waals surface area contributed by atoms with Crippen molar-refractivity contribution in [3.8, 4) is 0 Å². The van der Waals surface area contributed by atoms with Crippen molar-refractivity contribution >= 4 is 5.97 Å². The van der Waals surface area contributed by atoms with Gasteiger partial charge < -0.3 is 15.2 Å². The van der Waals surface area contributed by atoms with Crippen LogP contribution in [0.2, 0.25) is 0 Å². The fraction of sp³-hybridized carbons (Fsp3) is 0.941. The second kappa shape index (κ2) is 7.59. The van der Waals surface area contributed by atoms with Crippen molar-refractivity contribution in [2.75, 3.05) is 19.8 Å². The maximum absolute atomic E-state index is 11.3. The second-order valence-electron chi connectivity index (χ2n) is 7.46. The van der Waals surface area contributed by atoms with Crippen LogP contribution < -0.4 is 5.32 Å². The minimum atomic E-state index is -0.659. The number of carboxylic acid groups (broad SMARTS) is 1. The third-order valence-electron chi connectivity index (χ3n) is 5.36. The first kappa shape index (κ1) is 16.8. The topological polar surface area (TPSA) is 58.6 Å². The number of carbonyl (C=O) groups is 1. The Morgan fingerprint density at radius 1 is 1.24 bits per heavy atom. The molecular formula is C17H31NO3. The van der Waals surface area contributed by atoms with Gasteiger partial charge in [0.25, 0.3) is 0 Å². The number of hydrogen-bond donors (Lipinski definition) is 2. The molecule has 2 rings (SSSR count). The standard InChI is InChI=1S/C17H31NO3/c1-13(2)11-14(16(19)20)12-18-15-3-5-17(6-4-15)7-9-21-10-8-17/h13-15,18H,3-12H2,1-2H3,(H,19,20). The van der Waals surface area contributed by atoms with Crippen LogP contribution in [0.25, 0.3) is 0 Å². The lowest BCUT2D eigenvalue weighted by Gasteiger charge is -2.43. The highest BCUT2D eigenvalue weighted by atomic mass is 16.5. The van der Waals surface area contributed by atoms with E-state index in [4.69, 9.17) is 4.74 Å². The molecule has 0 amide bonds. The number of ether oxygens (including phenoxy) is 1. The summed E-state index contributed by atoms with van der Waals surface area (Å²) >= 11 is 0. The monoisotopic (exact) mass is 297 g/mol. The predicted octanol–water partition coefficient (Wildman–Crippen LogP) is 3.06. The third-order valence-corrected chi connectivity index (χ3v) is 5.36. The summed E-state index contributed by atoms with van der Waals surface area (Å²) in [6, 6.07) is 0.507. The van der Waals surface area contributed by atoms with Gasteiger partial charge in [0.1, 0.15) is 0 Å². The molecule has 2 aliphatic rings. The van der Waals surface area contributed by atoms with Crippen LogP contribution >= 0.6 is 0 Å². The van der Waals surface area contributed by atoms with Crippen LogP contribution in [0.5, 0.6) is 0 Å². The summed E-state index contributed by atoms with van der Waals surface area (Å²) in [5, 5.41) is 12.8. The van der Waals surface area contributed by atoms with Gasteiger partial charge in [-0.05, 0) is 56.3 Å². The molecule has 0 radical (unpaired) electrons. The Kier molecular flexibility index (Phi) is 6.06. The lowest BCUT2D eigenvalue weighted by atomic mass is 9.68. The van der Waals surface area contributed by atoms with Gasteiger partial charge in [0.05, 0.1) is 5.92 Å². The SMILES string of the molecule is CC(C)CC(CNC1CCC2(CCOCC2)CC1)C(=O)O. The summed E-state index contributed by atoms with van der Waals surface area (Å²) in [5.74, 6) is -0.471. The van der Waals surface area contributed by atoms with Gasteiger partial charge in [0.15, 0.2) is 0 Å². The molecule has 1 heterocycles. The van der Waals surface area contributed by atoms with Crippen molar-refractivity contribution < 1.29 is 14.6 Å². The van der Waals surface area contributed by atoms with Crippen LogP contribution in [-0.4, -0.2) is 36.9 Å². The molecule has 1 atom stereocenters. The lowest BCUT2D eigenvalue weighted by molar-refractivity contribution is -0.142. The summed E-state index contributed by atoms with van der Waals surface area (Å²) < 4.78 is 5.49. The molecule has 0 aromatic carbocycles. The first-order valence-corrected chi connectivity index (χ1v) is 8.55. The maximum Gasteiger partial charge on any atom is 0.307 e. The van der Waals surface area contributed by atoms with Gasteiger partial charge in [0, 0.05) is 25.8 Å². The van der Waals surface area contributed by atoms with E-state index in [1.807, 2.05) is 0 Å². The van der Waals surface area contributed by atoms with E-state index < -0.39 is 5.97 Å². The van der Waals surface area contributed by atoms with E-state index >= 15 is 0 Å². The van der Waals surface area contributed by atoms with Crippen LogP contribution in [0.4, 0.5) is 0 Å². The van der Waals surface area contributed by atoms with E-state index in [0.29, 0.717) is 23.9 Å². The molecular weight excluding hydrogens is 266 g/mol. The van der Waals surface area contributed by atoms with Gasteiger partial charge in [-0.2, -0.15) is 0 Å². The van der Waals surface area contributed by atoms with Gasteiger partial charge in [-0.3, -0.25) is 4.79 Å². The van der Waals surface area contributed by atoms with Gasteiger partial charge >= 0.3 is 5.97 Å². The van der Waals surface area contributed by atoms with Crippen molar-refractivity contribution in [1.29, 1.82) is 0 Å². The highest BCUT2D eigenvalue weighted by molar-refractivity contribution is 5.70. The van der Waals surface area contributed by atoms with E-state index in [1.165, 1.54) is 38.5 Å². The van der Waals surface area contributed by atoms with E-state index in [-0.39, 0.29) is 5.92 Å². The van der Waals surface area contributed by atoms with Crippen LogP contribution in [0.1, 0.15) is 58.8 Å². The van der Waals surface area contributed by atoms with E-state index in [1.54, 1.807) is 0 Å². The molecule has 1 unspecified atom stereocenters. The average Bonchev–Trinajstić information content (AvgIpc) is 2.45. The highest BCUT2D eigenvalue weighted by Crippen LogP contribution is 2.44. The summed E-state index contributed by atoms with van der Waals surface area (Å²) in [4.78, 5) is 11.3. The second-order valence-corrected chi connectivity index (χ2v) is 7.46. The number of carboxylic acids is 1. The summed E-state index contributed by atoms with van der Waals surface area (Å²) in [7, 11) is 0. The smallest absolute Gasteiger partial charge is 0.307 e. The normalized spacial score (nSPS) is 24.3. The Bertz CT molecular complexity index is 327. The molecule has 1 spiro atoms. The lowest BCUT2D eigenvalue weighted by Crippen LogP contribution is -2.42. The van der Waals surface area contributed by atoms with Gasteiger partial charge in [-0.25, -0.2) is 0 Å². The molecule has 2 N–H and O–H groups in total. The molecule has 0 bridgehead atoms. The fourth-order valence-electron chi connectivity index (χ4n) is 3.89. The van der Waals surface area contributed by atoms with E-state index in [2.05, 4.69) is 19.2 Å². The quantitative estimate of drug-likeness (QED) is 0.791. The number of nitrogens with one attached hydrogen (secondary N) is 1. The zero-order chi connectivity index (χ0) is 15.3. The molecule has 1 saturated heterocycles. The summed E-state index contributed by atoms with van der Waals surface area (Å²) in [6.07, 6.45) is 8.11. The molecule has 2 fully saturated rings. The van der Waals surface area contributed by atoms with E-state index in [9.17, 15) is 9.90 Å². The number of hydrogen-bond acceptors (Lipinski definition) is 3. The van der Waals surface area contributed by atoms with Crippen molar-refractivity contribution in [3.63, 3.8) is 0 Å². The molecule has 0 aromatic rings. The average molecular weight is 297 g/mol. The highest BCUT2D eigenvalue weighted by Gasteiger charge is 2.36. The summed E-state index contributed by atoms with van der Waals surface area (Å²) in [5.41, 5.74) is 0.528. The molecule has 1 aliphatic carbocycles.